The van der Waals surface area contributed by atoms with Crippen LogP contribution >= 0.6 is 0 Å². The van der Waals surface area contributed by atoms with E-state index in [1.165, 1.54) is 0 Å². The molecule has 0 unspecified atom stereocenters. The Bertz CT molecular complexity index is 891. The fourth-order valence-electron chi connectivity index (χ4n) is 2.90. The van der Waals surface area contributed by atoms with Gasteiger partial charge in [0.15, 0.2) is 0 Å². The second-order valence-electron chi connectivity index (χ2n) is 5.57. The number of hydrogen-bond donors (Lipinski definition) is 4. The van der Waals surface area contributed by atoms with E-state index in [4.69, 9.17) is 9.84 Å². The van der Waals surface area contributed by atoms with Crippen LogP contribution < -0.4 is 15.5 Å². The lowest BCUT2D eigenvalue weighted by Gasteiger charge is -2.16. The lowest BCUT2D eigenvalue weighted by molar-refractivity contribution is 0.293. The quantitative estimate of drug-likeness (QED) is 0.403. The van der Waals surface area contributed by atoms with Crippen LogP contribution in [-0.2, 0) is 0 Å². The van der Waals surface area contributed by atoms with Crippen LogP contribution in [0.1, 0.15) is 0 Å². The molecule has 0 radical (unpaired) electrons. The van der Waals surface area contributed by atoms with E-state index in [0.717, 1.165) is 27.9 Å². The van der Waals surface area contributed by atoms with Gasteiger partial charge in [-0.15, -0.1) is 0 Å². The van der Waals surface area contributed by atoms with Crippen molar-refractivity contribution in [2.45, 2.75) is 0 Å². The number of ether oxygens (including phenoxy) is 1. The van der Waals surface area contributed by atoms with Crippen molar-refractivity contribution >= 4 is 10.9 Å². The van der Waals surface area contributed by atoms with E-state index in [1.807, 2.05) is 18.2 Å². The summed E-state index contributed by atoms with van der Waals surface area (Å²) in [7, 11) is 0. The Morgan fingerprint density at radius 1 is 1.08 bits per heavy atom. The lowest BCUT2D eigenvalue weighted by Crippen LogP contribution is -2.28. The zero-order valence-corrected chi connectivity index (χ0v) is 13.0. The van der Waals surface area contributed by atoms with Gasteiger partial charge in [-0.2, -0.15) is 9.89 Å². The van der Waals surface area contributed by atoms with E-state index in [2.05, 4.69) is 15.8 Å². The minimum Gasteiger partial charge on any atom is -0.508 e. The number of aliphatic hydroxyl groups excluding tert-OH is 1. The summed E-state index contributed by atoms with van der Waals surface area (Å²) in [6.07, 6.45) is 0. The molecule has 0 atom stereocenters. The lowest BCUT2D eigenvalue weighted by atomic mass is 10.0. The van der Waals surface area contributed by atoms with E-state index in [1.54, 1.807) is 23.0 Å². The molecule has 3 aromatic rings. The van der Waals surface area contributed by atoms with Crippen LogP contribution in [0.25, 0.3) is 22.2 Å². The summed E-state index contributed by atoms with van der Waals surface area (Å²) >= 11 is 0. The normalized spacial score (nSPS) is 12.0. The van der Waals surface area contributed by atoms with Crippen LogP contribution in [0.3, 0.4) is 0 Å². The maximum atomic E-state index is 9.79. The van der Waals surface area contributed by atoms with Gasteiger partial charge < -0.3 is 25.7 Å². The molecule has 1 aromatic heterocycles. The maximum absolute atomic E-state index is 9.79. The predicted octanol–water partition coefficient (Wildman–Crippen LogP) is 1.64. The number of phenols is 1. The van der Waals surface area contributed by atoms with Gasteiger partial charge in [0.25, 0.3) is 0 Å². The van der Waals surface area contributed by atoms with Gasteiger partial charge in [-0.25, -0.2) is 0 Å². The SMILES string of the molecule is OCCNCCNn1nc2c3c(cccc31)Oc1ccc(O)cc1-2. The third-order valence-electron chi connectivity index (χ3n) is 3.96. The van der Waals surface area contributed by atoms with Gasteiger partial charge in [-0.1, -0.05) is 6.07 Å². The summed E-state index contributed by atoms with van der Waals surface area (Å²) in [4.78, 5) is 1.73. The maximum Gasteiger partial charge on any atom is 0.139 e. The number of aromatic hydroxyl groups is 1. The van der Waals surface area contributed by atoms with Gasteiger partial charge in [0.1, 0.15) is 22.9 Å². The molecule has 7 heteroatoms. The number of rotatable bonds is 6. The van der Waals surface area contributed by atoms with Gasteiger partial charge in [-0.05, 0) is 30.3 Å². The van der Waals surface area contributed by atoms with Crippen molar-refractivity contribution < 1.29 is 14.9 Å². The third-order valence-corrected chi connectivity index (χ3v) is 3.96. The topological polar surface area (TPSA) is 91.6 Å². The van der Waals surface area contributed by atoms with Crippen molar-refractivity contribution in [2.24, 2.45) is 0 Å². The molecule has 2 heterocycles. The number of phenolic OH excluding ortho intramolecular Hbond substituents is 1. The molecule has 24 heavy (non-hydrogen) atoms. The van der Waals surface area contributed by atoms with Crippen LogP contribution in [0.4, 0.5) is 0 Å². The molecular weight excluding hydrogens is 308 g/mol. The van der Waals surface area contributed by atoms with Gasteiger partial charge >= 0.3 is 0 Å². The predicted molar refractivity (Wildman–Crippen MR) is 91.1 cm³/mol. The average molecular weight is 326 g/mol. The number of aliphatic hydroxyl groups is 1. The Morgan fingerprint density at radius 3 is 2.88 bits per heavy atom. The van der Waals surface area contributed by atoms with Crippen LogP contribution in [-0.4, -0.2) is 46.3 Å². The number of nitrogens with zero attached hydrogens (tertiary/aromatic N) is 2. The Kier molecular flexibility index (Phi) is 3.72. The molecule has 2 aromatic carbocycles. The molecule has 0 amide bonds. The molecule has 124 valence electrons. The summed E-state index contributed by atoms with van der Waals surface area (Å²) in [6.45, 7) is 2.06. The van der Waals surface area contributed by atoms with Gasteiger partial charge in [-0.3, -0.25) is 0 Å². The summed E-state index contributed by atoms with van der Waals surface area (Å²) < 4.78 is 5.94. The van der Waals surface area contributed by atoms with E-state index >= 15 is 0 Å². The molecule has 1 aliphatic heterocycles. The first-order valence-corrected chi connectivity index (χ1v) is 7.86. The van der Waals surface area contributed by atoms with Crippen molar-refractivity contribution in [3.8, 4) is 28.5 Å². The molecule has 0 saturated carbocycles. The highest BCUT2D eigenvalue weighted by atomic mass is 16.5. The van der Waals surface area contributed by atoms with Gasteiger partial charge in [0, 0.05) is 25.2 Å². The molecule has 4 rings (SSSR count). The van der Waals surface area contributed by atoms with Crippen molar-refractivity contribution in [1.29, 1.82) is 0 Å². The number of hydrogen-bond acceptors (Lipinski definition) is 6. The summed E-state index contributed by atoms with van der Waals surface area (Å²) in [5.74, 6) is 1.62. The molecule has 0 saturated heterocycles. The largest absolute Gasteiger partial charge is 0.508 e. The number of aromatic nitrogens is 2. The zero-order chi connectivity index (χ0) is 16.5. The highest BCUT2D eigenvalue weighted by Gasteiger charge is 2.24. The minimum absolute atomic E-state index is 0.121. The van der Waals surface area contributed by atoms with E-state index in [-0.39, 0.29) is 12.4 Å². The van der Waals surface area contributed by atoms with Crippen molar-refractivity contribution in [3.63, 3.8) is 0 Å². The van der Waals surface area contributed by atoms with E-state index in [0.29, 0.717) is 25.4 Å². The number of fused-ring (bicyclic) bond motifs is 2. The molecule has 4 N–H and O–H groups in total. The summed E-state index contributed by atoms with van der Waals surface area (Å²) in [5.41, 5.74) is 5.72. The molecular formula is C17H18N4O3. The number of benzene rings is 2. The molecule has 7 nitrogen and oxygen atoms in total. The highest BCUT2D eigenvalue weighted by Crippen LogP contribution is 2.46. The Labute approximate surface area is 138 Å². The Balaban J connectivity index is 1.71. The Morgan fingerprint density at radius 2 is 2.00 bits per heavy atom. The second kappa shape index (κ2) is 6.03. The molecule has 0 fully saturated rings. The third kappa shape index (κ3) is 2.44. The van der Waals surface area contributed by atoms with Gasteiger partial charge in [0.2, 0.25) is 0 Å². The first-order chi connectivity index (χ1) is 11.8. The van der Waals surface area contributed by atoms with E-state index < -0.39 is 0 Å². The van der Waals surface area contributed by atoms with Crippen molar-refractivity contribution in [3.05, 3.63) is 36.4 Å². The fourth-order valence-corrected chi connectivity index (χ4v) is 2.90. The zero-order valence-electron chi connectivity index (χ0n) is 13.0. The molecule has 0 bridgehead atoms. The van der Waals surface area contributed by atoms with Crippen LogP contribution in [0.5, 0.6) is 17.2 Å². The summed E-state index contributed by atoms with van der Waals surface area (Å²) in [6, 6.07) is 10.8. The smallest absolute Gasteiger partial charge is 0.139 e. The van der Waals surface area contributed by atoms with Gasteiger partial charge in [0.05, 0.1) is 17.5 Å². The average Bonchev–Trinajstić information content (AvgIpc) is 2.96. The second-order valence-corrected chi connectivity index (χ2v) is 5.57. The molecule has 0 spiro atoms. The minimum atomic E-state index is 0.121. The van der Waals surface area contributed by atoms with E-state index in [9.17, 15) is 5.11 Å². The highest BCUT2D eigenvalue weighted by molar-refractivity contribution is 6.01. The molecule has 1 aliphatic rings. The summed E-state index contributed by atoms with van der Waals surface area (Å²) in [5, 5.41) is 27.3. The Hall–Kier alpha value is -2.77. The van der Waals surface area contributed by atoms with Crippen molar-refractivity contribution in [1.82, 2.24) is 15.2 Å². The fraction of sp³-hybridized carbons (Fsp3) is 0.235. The first kappa shape index (κ1) is 14.8. The monoisotopic (exact) mass is 326 g/mol. The van der Waals surface area contributed by atoms with Crippen molar-refractivity contribution in [2.75, 3.05) is 31.7 Å². The molecule has 0 aliphatic carbocycles. The standard InChI is InChI=1S/C17H18N4O3/c22-9-8-18-6-7-19-21-13-2-1-3-15-16(13)17(20-21)12-10-11(23)4-5-14(12)24-15/h1-5,10,18-19,22-23H,6-9H2. The van der Waals surface area contributed by atoms with Crippen LogP contribution in [0, 0.1) is 0 Å². The van der Waals surface area contributed by atoms with Crippen LogP contribution in [0.15, 0.2) is 36.4 Å². The first-order valence-electron chi connectivity index (χ1n) is 7.86. The van der Waals surface area contributed by atoms with Crippen LogP contribution in [0.2, 0.25) is 0 Å². The number of nitrogens with one attached hydrogen (secondary N) is 2.